The molecule has 1 aliphatic heterocycles. The molecule has 0 aliphatic carbocycles. The number of guanidine groups is 1. The molecule has 26 heavy (non-hydrogen) atoms. The van der Waals surface area contributed by atoms with Crippen LogP contribution in [-0.4, -0.2) is 56.4 Å². The summed E-state index contributed by atoms with van der Waals surface area (Å²) in [5, 5.41) is 6.31. The lowest BCUT2D eigenvalue weighted by Crippen LogP contribution is -2.51. The maximum atomic E-state index is 12.6. The van der Waals surface area contributed by atoms with Crippen molar-refractivity contribution in [3.05, 3.63) is 0 Å². The number of aliphatic imine (C=N–C) groups is 1. The van der Waals surface area contributed by atoms with Gasteiger partial charge in [0, 0.05) is 32.2 Å². The first-order chi connectivity index (χ1) is 11.7. The molecule has 1 rings (SSSR count). The lowest BCUT2D eigenvalue weighted by Gasteiger charge is -2.32. The Morgan fingerprint density at radius 2 is 1.77 bits per heavy atom. The number of alkyl halides is 3. The Kier molecular flexibility index (Phi) is 12.1. The predicted octanol–water partition coefficient (Wildman–Crippen LogP) is 3.05. The molecule has 0 spiro atoms. The van der Waals surface area contributed by atoms with E-state index in [0.29, 0.717) is 36.2 Å². The Bertz CT molecular complexity index is 521. The highest BCUT2D eigenvalue weighted by Gasteiger charge is 2.50. The van der Waals surface area contributed by atoms with Crippen molar-refractivity contribution in [1.29, 1.82) is 0 Å². The summed E-state index contributed by atoms with van der Waals surface area (Å²) in [7, 11) is -5.22. The minimum atomic E-state index is -5.23. The molecule has 0 aromatic carbocycles. The van der Waals surface area contributed by atoms with E-state index < -0.39 is 15.5 Å². The Balaban J connectivity index is 0.00000625. The van der Waals surface area contributed by atoms with Crippen LogP contribution in [0.1, 0.15) is 52.4 Å². The number of nitrogens with zero attached hydrogens (tertiary/aromatic N) is 2. The van der Waals surface area contributed by atoms with Gasteiger partial charge in [0.15, 0.2) is 5.96 Å². The fourth-order valence-electron chi connectivity index (χ4n) is 2.63. The number of nitrogens with one attached hydrogen (secondary N) is 2. The highest BCUT2D eigenvalue weighted by molar-refractivity contribution is 14.0. The van der Waals surface area contributed by atoms with E-state index in [1.165, 1.54) is 6.42 Å². The Morgan fingerprint density at radius 1 is 1.15 bits per heavy atom. The summed E-state index contributed by atoms with van der Waals surface area (Å²) in [6.45, 7) is 5.16. The quantitative estimate of drug-likeness (QED) is 0.226. The van der Waals surface area contributed by atoms with E-state index in [-0.39, 0.29) is 43.1 Å². The second kappa shape index (κ2) is 12.2. The third-order valence-electron chi connectivity index (χ3n) is 4.05. The molecule has 0 atom stereocenters. The van der Waals surface area contributed by atoms with Crippen molar-refractivity contribution in [2.24, 2.45) is 4.99 Å². The summed E-state index contributed by atoms with van der Waals surface area (Å²) in [5.41, 5.74) is -5.23. The summed E-state index contributed by atoms with van der Waals surface area (Å²) >= 11 is 0. The van der Waals surface area contributed by atoms with Crippen LogP contribution in [0.4, 0.5) is 13.2 Å². The average molecular weight is 514 g/mol. The lowest BCUT2D eigenvalue weighted by molar-refractivity contribution is -0.0494. The van der Waals surface area contributed by atoms with E-state index in [4.69, 9.17) is 0 Å². The fourth-order valence-corrected chi connectivity index (χ4v) is 3.61. The molecule has 0 saturated carbocycles. The molecule has 1 saturated heterocycles. The first kappa shape index (κ1) is 25.7. The van der Waals surface area contributed by atoms with Crippen LogP contribution in [0, 0.1) is 0 Å². The molecule has 11 heteroatoms. The van der Waals surface area contributed by atoms with Gasteiger partial charge >= 0.3 is 15.5 Å². The van der Waals surface area contributed by atoms with Crippen LogP contribution in [0.3, 0.4) is 0 Å². The van der Waals surface area contributed by atoms with Crippen LogP contribution in [0.15, 0.2) is 4.99 Å². The van der Waals surface area contributed by atoms with Crippen LogP contribution in [0.2, 0.25) is 0 Å². The van der Waals surface area contributed by atoms with Crippen molar-refractivity contribution >= 4 is 40.0 Å². The molecular weight excluding hydrogens is 484 g/mol. The zero-order valence-corrected chi connectivity index (χ0v) is 18.5. The Hall–Kier alpha value is -0.300. The molecule has 1 aliphatic rings. The van der Waals surface area contributed by atoms with Gasteiger partial charge in [-0.25, -0.2) is 8.42 Å². The second-order valence-corrected chi connectivity index (χ2v) is 8.02. The molecule has 0 unspecified atom stereocenters. The predicted molar refractivity (Wildman–Crippen MR) is 108 cm³/mol. The monoisotopic (exact) mass is 514 g/mol. The van der Waals surface area contributed by atoms with Crippen LogP contribution in [0.25, 0.3) is 0 Å². The van der Waals surface area contributed by atoms with Crippen LogP contribution in [-0.2, 0) is 10.0 Å². The number of halogens is 4. The van der Waals surface area contributed by atoms with E-state index in [1.807, 2.05) is 6.92 Å². The molecule has 1 heterocycles. The maximum Gasteiger partial charge on any atom is 0.511 e. The molecule has 156 valence electrons. The molecule has 0 aromatic heterocycles. The van der Waals surface area contributed by atoms with Crippen LogP contribution in [0.5, 0.6) is 0 Å². The van der Waals surface area contributed by atoms with Crippen LogP contribution >= 0.6 is 24.0 Å². The minimum absolute atomic E-state index is 0. The number of unbranched alkanes of at least 4 members (excludes halogenated alkanes) is 3. The molecule has 0 bridgehead atoms. The molecular formula is C15H30F3IN4O2S. The number of piperidine rings is 1. The summed E-state index contributed by atoms with van der Waals surface area (Å²) in [4.78, 5) is 4.47. The van der Waals surface area contributed by atoms with Crippen molar-refractivity contribution in [2.75, 3.05) is 26.2 Å². The first-order valence-electron chi connectivity index (χ1n) is 8.83. The average Bonchev–Trinajstić information content (AvgIpc) is 2.54. The number of hydrogen-bond acceptors (Lipinski definition) is 3. The van der Waals surface area contributed by atoms with Crippen molar-refractivity contribution < 1.29 is 21.6 Å². The minimum Gasteiger partial charge on any atom is -0.357 e. The maximum absolute atomic E-state index is 12.6. The summed E-state index contributed by atoms with van der Waals surface area (Å²) in [5.74, 6) is 0.635. The van der Waals surface area contributed by atoms with Gasteiger partial charge in [0.05, 0.1) is 0 Å². The third kappa shape index (κ3) is 8.15. The molecule has 6 nitrogen and oxygen atoms in total. The second-order valence-electron chi connectivity index (χ2n) is 6.09. The van der Waals surface area contributed by atoms with Gasteiger partial charge in [0.1, 0.15) is 0 Å². The normalized spacial score (nSPS) is 17.7. The topological polar surface area (TPSA) is 73.8 Å². The van der Waals surface area contributed by atoms with E-state index in [0.717, 1.165) is 19.3 Å². The van der Waals surface area contributed by atoms with Gasteiger partial charge in [-0.1, -0.05) is 26.2 Å². The summed E-state index contributed by atoms with van der Waals surface area (Å²) < 4.78 is 61.1. The number of rotatable bonds is 8. The fraction of sp³-hybridized carbons (Fsp3) is 0.933. The van der Waals surface area contributed by atoms with Gasteiger partial charge in [0.25, 0.3) is 0 Å². The Morgan fingerprint density at radius 3 is 2.27 bits per heavy atom. The van der Waals surface area contributed by atoms with Crippen molar-refractivity contribution in [1.82, 2.24) is 14.9 Å². The van der Waals surface area contributed by atoms with E-state index in [9.17, 15) is 21.6 Å². The third-order valence-corrected chi connectivity index (χ3v) is 5.68. The van der Waals surface area contributed by atoms with Gasteiger partial charge in [-0.15, -0.1) is 24.0 Å². The van der Waals surface area contributed by atoms with E-state index >= 15 is 0 Å². The molecule has 1 fully saturated rings. The Labute approximate surface area is 171 Å². The van der Waals surface area contributed by atoms with Crippen LogP contribution < -0.4 is 10.6 Å². The van der Waals surface area contributed by atoms with Crippen molar-refractivity contribution in [3.63, 3.8) is 0 Å². The highest BCUT2D eigenvalue weighted by Crippen LogP contribution is 2.28. The molecule has 0 radical (unpaired) electrons. The van der Waals surface area contributed by atoms with Gasteiger partial charge in [0.2, 0.25) is 0 Å². The van der Waals surface area contributed by atoms with Gasteiger partial charge in [-0.05, 0) is 26.2 Å². The number of hydrogen-bond donors (Lipinski definition) is 2. The standard InChI is InChI=1S/C15H29F3N4O2S.HI/c1-3-5-6-7-10-20-14(19-4-2)21-13-8-11-22(12-9-13)25(23,24)15(16,17)18;/h13H,3-12H2,1-2H3,(H2,19,20,21);1H. The van der Waals surface area contributed by atoms with E-state index in [1.54, 1.807) is 0 Å². The molecule has 2 N–H and O–H groups in total. The summed E-state index contributed by atoms with van der Waals surface area (Å²) in [6, 6.07) is -0.0897. The first-order valence-corrected chi connectivity index (χ1v) is 10.3. The summed E-state index contributed by atoms with van der Waals surface area (Å²) in [6.07, 6.45) is 5.07. The number of sulfonamides is 1. The zero-order chi connectivity index (χ0) is 18.9. The largest absolute Gasteiger partial charge is 0.511 e. The van der Waals surface area contributed by atoms with Crippen molar-refractivity contribution in [2.45, 2.75) is 63.9 Å². The van der Waals surface area contributed by atoms with Gasteiger partial charge in [-0.3, -0.25) is 4.99 Å². The zero-order valence-electron chi connectivity index (χ0n) is 15.3. The van der Waals surface area contributed by atoms with Crippen molar-refractivity contribution in [3.8, 4) is 0 Å². The van der Waals surface area contributed by atoms with E-state index in [2.05, 4.69) is 22.5 Å². The van der Waals surface area contributed by atoms with Gasteiger partial charge < -0.3 is 10.6 Å². The highest BCUT2D eigenvalue weighted by atomic mass is 127. The SMILES string of the molecule is CCCCCCN=C(NCC)NC1CCN(S(=O)(=O)C(F)(F)F)CC1.I. The van der Waals surface area contributed by atoms with Gasteiger partial charge in [-0.2, -0.15) is 17.5 Å². The smallest absolute Gasteiger partial charge is 0.357 e. The molecule has 0 amide bonds. The lowest BCUT2D eigenvalue weighted by atomic mass is 10.1. The molecule has 0 aromatic rings.